The maximum atomic E-state index is 13.2. The number of benzene rings is 2. The average molecular weight is 404 g/mol. The number of carbonyl (C=O) groups is 1. The van der Waals surface area contributed by atoms with Crippen molar-refractivity contribution in [3.63, 3.8) is 0 Å². The number of halogens is 3. The molecular formula is C14H9Br2FO3. The van der Waals surface area contributed by atoms with Crippen LogP contribution in [0.5, 0.6) is 5.75 Å². The molecule has 0 bridgehead atoms. The Balaban J connectivity index is 2.22. The Morgan fingerprint density at radius 3 is 2.55 bits per heavy atom. The van der Waals surface area contributed by atoms with Gasteiger partial charge in [-0.1, -0.05) is 31.9 Å². The Morgan fingerprint density at radius 2 is 1.90 bits per heavy atom. The lowest BCUT2D eigenvalue weighted by Gasteiger charge is -2.10. The minimum atomic E-state index is -1.08. The lowest BCUT2D eigenvalue weighted by molar-refractivity contribution is 0.0691. The van der Waals surface area contributed by atoms with Crippen molar-refractivity contribution in [3.05, 3.63) is 62.3 Å². The number of hydrogen-bond donors (Lipinski definition) is 1. The molecule has 104 valence electrons. The van der Waals surface area contributed by atoms with Crippen molar-refractivity contribution in [1.82, 2.24) is 0 Å². The Kier molecular flexibility index (Phi) is 4.77. The summed E-state index contributed by atoms with van der Waals surface area (Å²) in [6.45, 7) is 0.0765. The summed E-state index contributed by atoms with van der Waals surface area (Å²) in [7, 11) is 0. The fraction of sp³-hybridized carbons (Fsp3) is 0.0714. The predicted molar refractivity (Wildman–Crippen MR) is 79.5 cm³/mol. The largest absolute Gasteiger partial charge is 0.488 e. The van der Waals surface area contributed by atoms with E-state index in [1.807, 2.05) is 0 Å². The number of carboxylic acids is 1. The lowest BCUT2D eigenvalue weighted by atomic mass is 10.2. The quantitative estimate of drug-likeness (QED) is 0.809. The highest BCUT2D eigenvalue weighted by molar-refractivity contribution is 9.10. The molecule has 2 rings (SSSR count). The summed E-state index contributed by atoms with van der Waals surface area (Å²) in [5.41, 5.74) is 0.664. The van der Waals surface area contributed by atoms with Gasteiger partial charge in [0, 0.05) is 8.95 Å². The Bertz CT molecular complexity index is 639. The zero-order valence-corrected chi connectivity index (χ0v) is 13.2. The fourth-order valence-electron chi connectivity index (χ4n) is 1.65. The molecule has 0 fully saturated rings. The van der Waals surface area contributed by atoms with E-state index in [0.717, 1.165) is 0 Å². The van der Waals surface area contributed by atoms with Crippen LogP contribution in [0.3, 0.4) is 0 Å². The second kappa shape index (κ2) is 6.37. The monoisotopic (exact) mass is 402 g/mol. The minimum absolute atomic E-state index is 0.0590. The van der Waals surface area contributed by atoms with E-state index in [1.54, 1.807) is 18.2 Å². The standard InChI is InChI=1S/C14H9Br2FO3/c15-9-1-2-12(14(18)19)13(6-9)20-7-8-3-10(16)5-11(17)4-8/h1-6H,7H2,(H,18,19). The van der Waals surface area contributed by atoms with Crippen LogP contribution in [0.15, 0.2) is 45.3 Å². The molecule has 0 unspecified atom stereocenters. The van der Waals surface area contributed by atoms with Crippen LogP contribution >= 0.6 is 31.9 Å². The molecule has 0 atom stereocenters. The third-order valence-electron chi connectivity index (χ3n) is 2.49. The summed E-state index contributed by atoms with van der Waals surface area (Å²) in [4.78, 5) is 11.1. The van der Waals surface area contributed by atoms with Gasteiger partial charge in [-0.15, -0.1) is 0 Å². The van der Waals surface area contributed by atoms with Crippen molar-refractivity contribution >= 4 is 37.8 Å². The minimum Gasteiger partial charge on any atom is -0.488 e. The Labute approximate surface area is 131 Å². The molecule has 0 spiro atoms. The first-order chi connectivity index (χ1) is 9.45. The molecule has 0 amide bonds. The van der Waals surface area contributed by atoms with Crippen molar-refractivity contribution in [2.45, 2.75) is 6.61 Å². The van der Waals surface area contributed by atoms with Gasteiger partial charge in [-0.3, -0.25) is 0 Å². The molecule has 0 aliphatic carbocycles. The van der Waals surface area contributed by atoms with Crippen LogP contribution in [0.4, 0.5) is 4.39 Å². The van der Waals surface area contributed by atoms with Gasteiger partial charge < -0.3 is 9.84 Å². The first-order valence-corrected chi connectivity index (χ1v) is 7.15. The molecule has 0 heterocycles. The molecule has 6 heteroatoms. The zero-order valence-electron chi connectivity index (χ0n) is 10.1. The summed E-state index contributed by atoms with van der Waals surface area (Å²) in [5, 5.41) is 9.08. The van der Waals surface area contributed by atoms with Gasteiger partial charge in [-0.05, 0) is 42.0 Å². The number of hydrogen-bond acceptors (Lipinski definition) is 2. The van der Waals surface area contributed by atoms with Gasteiger partial charge in [-0.25, -0.2) is 9.18 Å². The summed E-state index contributed by atoms with van der Waals surface area (Å²) >= 11 is 6.45. The van der Waals surface area contributed by atoms with E-state index in [-0.39, 0.29) is 23.7 Å². The molecule has 0 saturated carbocycles. The van der Waals surface area contributed by atoms with E-state index >= 15 is 0 Å². The molecule has 1 N–H and O–H groups in total. The van der Waals surface area contributed by atoms with E-state index in [9.17, 15) is 9.18 Å². The van der Waals surface area contributed by atoms with Gasteiger partial charge in [0.1, 0.15) is 23.7 Å². The lowest BCUT2D eigenvalue weighted by Crippen LogP contribution is -2.03. The Hall–Kier alpha value is -1.40. The topological polar surface area (TPSA) is 46.5 Å². The average Bonchev–Trinajstić information content (AvgIpc) is 2.35. The van der Waals surface area contributed by atoms with Gasteiger partial charge in [0.05, 0.1) is 0 Å². The molecule has 20 heavy (non-hydrogen) atoms. The van der Waals surface area contributed by atoms with Crippen LogP contribution in [-0.2, 0) is 6.61 Å². The Morgan fingerprint density at radius 1 is 1.15 bits per heavy atom. The second-order valence-corrected chi connectivity index (χ2v) is 5.84. The molecule has 0 saturated heterocycles. The van der Waals surface area contributed by atoms with E-state index in [4.69, 9.17) is 9.84 Å². The van der Waals surface area contributed by atoms with Crippen LogP contribution in [-0.4, -0.2) is 11.1 Å². The van der Waals surface area contributed by atoms with Crippen molar-refractivity contribution in [2.75, 3.05) is 0 Å². The summed E-state index contributed by atoms with van der Waals surface area (Å²) in [6, 6.07) is 9.02. The van der Waals surface area contributed by atoms with Gasteiger partial charge in [0.15, 0.2) is 0 Å². The smallest absolute Gasteiger partial charge is 0.339 e. The maximum absolute atomic E-state index is 13.2. The first kappa shape index (κ1) is 15.0. The number of ether oxygens (including phenoxy) is 1. The molecule has 0 aliphatic heterocycles. The number of aromatic carboxylic acids is 1. The first-order valence-electron chi connectivity index (χ1n) is 5.56. The maximum Gasteiger partial charge on any atom is 0.339 e. The van der Waals surface area contributed by atoms with Crippen LogP contribution in [0.25, 0.3) is 0 Å². The van der Waals surface area contributed by atoms with Crippen LogP contribution in [0.2, 0.25) is 0 Å². The van der Waals surface area contributed by atoms with E-state index in [1.165, 1.54) is 18.2 Å². The molecule has 0 aromatic heterocycles. The van der Waals surface area contributed by atoms with Crippen molar-refractivity contribution in [1.29, 1.82) is 0 Å². The SMILES string of the molecule is O=C(O)c1ccc(Br)cc1OCc1cc(F)cc(Br)c1. The van der Waals surface area contributed by atoms with Gasteiger partial charge in [0.2, 0.25) is 0 Å². The van der Waals surface area contributed by atoms with Crippen molar-refractivity contribution in [2.24, 2.45) is 0 Å². The summed E-state index contributed by atoms with van der Waals surface area (Å²) in [6.07, 6.45) is 0. The van der Waals surface area contributed by atoms with Crippen LogP contribution in [0.1, 0.15) is 15.9 Å². The molecular weight excluding hydrogens is 395 g/mol. The molecule has 2 aromatic rings. The highest BCUT2D eigenvalue weighted by atomic mass is 79.9. The third kappa shape index (κ3) is 3.80. The normalized spacial score (nSPS) is 10.3. The van der Waals surface area contributed by atoms with Gasteiger partial charge in [0.25, 0.3) is 0 Å². The molecule has 0 aliphatic rings. The third-order valence-corrected chi connectivity index (χ3v) is 3.44. The summed E-state index contributed by atoms with van der Waals surface area (Å²) in [5.74, 6) is -1.23. The van der Waals surface area contributed by atoms with Crippen LogP contribution in [0, 0.1) is 5.82 Å². The van der Waals surface area contributed by atoms with Crippen LogP contribution < -0.4 is 4.74 Å². The predicted octanol–water partition coefficient (Wildman–Crippen LogP) is 4.63. The van der Waals surface area contributed by atoms with E-state index in [2.05, 4.69) is 31.9 Å². The van der Waals surface area contributed by atoms with Crippen molar-refractivity contribution in [3.8, 4) is 5.75 Å². The van der Waals surface area contributed by atoms with E-state index < -0.39 is 5.97 Å². The number of carboxylic acid groups (broad SMARTS) is 1. The molecule has 0 radical (unpaired) electrons. The zero-order chi connectivity index (χ0) is 14.7. The van der Waals surface area contributed by atoms with Gasteiger partial charge in [-0.2, -0.15) is 0 Å². The molecule has 3 nitrogen and oxygen atoms in total. The number of rotatable bonds is 4. The highest BCUT2D eigenvalue weighted by Gasteiger charge is 2.12. The summed E-state index contributed by atoms with van der Waals surface area (Å²) < 4.78 is 20.0. The second-order valence-electron chi connectivity index (χ2n) is 4.01. The highest BCUT2D eigenvalue weighted by Crippen LogP contribution is 2.25. The fourth-order valence-corrected chi connectivity index (χ4v) is 2.50. The van der Waals surface area contributed by atoms with Crippen molar-refractivity contribution < 1.29 is 19.0 Å². The van der Waals surface area contributed by atoms with Gasteiger partial charge >= 0.3 is 5.97 Å². The van der Waals surface area contributed by atoms with E-state index in [0.29, 0.717) is 14.5 Å². The molecule has 2 aromatic carbocycles.